The molecule has 0 saturated carbocycles. The van der Waals surface area contributed by atoms with Crippen LogP contribution < -0.4 is 4.31 Å². The van der Waals surface area contributed by atoms with E-state index >= 15 is 0 Å². The minimum Gasteiger partial charge on any atom is -0.264 e. The molecule has 1 aromatic carbocycles. The van der Waals surface area contributed by atoms with Crippen LogP contribution in [0.4, 0.5) is 5.69 Å². The summed E-state index contributed by atoms with van der Waals surface area (Å²) in [6, 6.07) is 9.98. The fourth-order valence-corrected chi connectivity index (χ4v) is 3.53. The van der Waals surface area contributed by atoms with Crippen molar-refractivity contribution in [1.82, 2.24) is 4.98 Å². The molecule has 1 aromatic heterocycles. The monoisotopic (exact) mass is 336 g/mol. The topological polar surface area (TPSA) is 50.3 Å². The van der Waals surface area contributed by atoms with Gasteiger partial charge >= 0.3 is 0 Å². The van der Waals surface area contributed by atoms with Crippen LogP contribution in [-0.2, 0) is 10.0 Å². The molecule has 4 nitrogen and oxygen atoms in total. The molecule has 0 unspecified atom stereocenters. The number of sulfonamides is 1. The van der Waals surface area contributed by atoms with Crippen LogP contribution in [-0.4, -0.2) is 19.9 Å². The first-order valence-corrected chi connectivity index (χ1v) is 8.59. The number of halogens is 1. The number of benzene rings is 1. The summed E-state index contributed by atoms with van der Waals surface area (Å²) < 4.78 is 27.1. The zero-order valence-corrected chi connectivity index (χ0v) is 13.8. The molecule has 6 heteroatoms. The van der Waals surface area contributed by atoms with Crippen molar-refractivity contribution in [2.45, 2.75) is 18.2 Å². The number of aryl methyl sites for hydroxylation is 1. The van der Waals surface area contributed by atoms with Crippen molar-refractivity contribution in [2.24, 2.45) is 0 Å². The maximum atomic E-state index is 12.9. The second-order valence-corrected chi connectivity index (χ2v) is 7.06. The molecule has 0 radical (unpaired) electrons. The van der Waals surface area contributed by atoms with Gasteiger partial charge in [-0.05, 0) is 37.6 Å². The maximum Gasteiger partial charge on any atom is 0.264 e. The third kappa shape index (κ3) is 3.67. The van der Waals surface area contributed by atoms with E-state index in [9.17, 15) is 8.42 Å². The molecule has 0 amide bonds. The molecule has 2 aromatic rings. The lowest BCUT2D eigenvalue weighted by Gasteiger charge is -2.23. The molecule has 0 saturated heterocycles. The maximum absolute atomic E-state index is 12.9. The highest BCUT2D eigenvalue weighted by Crippen LogP contribution is 2.24. The van der Waals surface area contributed by atoms with Gasteiger partial charge in [-0.3, -0.25) is 4.31 Å². The molecule has 0 aliphatic rings. The Bertz CT molecular complexity index is 741. The van der Waals surface area contributed by atoms with Crippen molar-refractivity contribution in [3.63, 3.8) is 0 Å². The molecule has 0 fully saturated rings. The van der Waals surface area contributed by atoms with E-state index in [2.05, 4.69) is 11.6 Å². The molecule has 0 aliphatic heterocycles. The molecule has 0 aliphatic carbocycles. The quantitative estimate of drug-likeness (QED) is 0.595. The minimum atomic E-state index is -3.65. The Kier molecular flexibility index (Phi) is 5.21. The van der Waals surface area contributed by atoms with Crippen LogP contribution in [0.2, 0.25) is 5.15 Å². The van der Waals surface area contributed by atoms with Crippen molar-refractivity contribution in [1.29, 1.82) is 0 Å². The van der Waals surface area contributed by atoms with Gasteiger partial charge < -0.3 is 0 Å². The molecule has 2 rings (SSSR count). The summed E-state index contributed by atoms with van der Waals surface area (Å²) in [5, 5.41) is 0.320. The van der Waals surface area contributed by atoms with Crippen LogP contribution in [0.1, 0.15) is 12.0 Å². The molecule has 0 N–H and O–H groups in total. The number of anilines is 1. The third-order valence-electron chi connectivity index (χ3n) is 3.15. The summed E-state index contributed by atoms with van der Waals surface area (Å²) >= 11 is 5.77. The third-order valence-corrected chi connectivity index (χ3v) is 5.21. The summed E-state index contributed by atoms with van der Waals surface area (Å²) in [6.45, 7) is 5.85. The van der Waals surface area contributed by atoms with E-state index in [4.69, 9.17) is 11.6 Å². The number of pyridine rings is 1. The Labute approximate surface area is 136 Å². The van der Waals surface area contributed by atoms with Crippen LogP contribution in [0.3, 0.4) is 0 Å². The molecule has 0 atom stereocenters. The minimum absolute atomic E-state index is 0.247. The van der Waals surface area contributed by atoms with E-state index in [0.29, 0.717) is 23.8 Å². The van der Waals surface area contributed by atoms with E-state index in [-0.39, 0.29) is 4.90 Å². The highest BCUT2D eigenvalue weighted by molar-refractivity contribution is 7.92. The molecular formula is C16H17ClN2O2S. The van der Waals surface area contributed by atoms with Gasteiger partial charge in [-0.2, -0.15) is 0 Å². The van der Waals surface area contributed by atoms with Crippen LogP contribution in [0, 0.1) is 6.92 Å². The zero-order chi connectivity index (χ0) is 16.2. The van der Waals surface area contributed by atoms with E-state index in [0.717, 1.165) is 5.56 Å². The van der Waals surface area contributed by atoms with Gasteiger partial charge in [-0.25, -0.2) is 13.4 Å². The Morgan fingerprint density at radius 2 is 1.91 bits per heavy atom. The predicted octanol–water partition coefficient (Wildman–Crippen LogP) is 3.81. The Balaban J connectivity index is 2.45. The Hall–Kier alpha value is -1.85. The number of nitrogens with zero attached hydrogens (tertiary/aromatic N) is 2. The second kappa shape index (κ2) is 6.94. The highest BCUT2D eigenvalue weighted by Gasteiger charge is 2.24. The predicted molar refractivity (Wildman–Crippen MR) is 89.8 cm³/mol. The number of aromatic nitrogens is 1. The number of rotatable bonds is 6. The molecular weight excluding hydrogens is 320 g/mol. The highest BCUT2D eigenvalue weighted by atomic mass is 35.5. The average molecular weight is 337 g/mol. The first-order chi connectivity index (χ1) is 10.4. The standard InChI is InChI=1S/C16H17ClN2O2S/c1-3-4-11-19(14-7-10-16(17)18-12-14)22(20,21)15-8-5-13(2)6-9-15/h3,5-10,12H,1,4,11H2,2H3. The van der Waals surface area contributed by atoms with Crippen LogP contribution in [0.15, 0.2) is 60.1 Å². The number of hydrogen-bond donors (Lipinski definition) is 0. The fraction of sp³-hybridized carbons (Fsp3) is 0.188. The van der Waals surface area contributed by atoms with Gasteiger partial charge in [0.1, 0.15) is 5.15 Å². The van der Waals surface area contributed by atoms with Crippen molar-refractivity contribution >= 4 is 27.3 Å². The normalized spacial score (nSPS) is 11.2. The molecule has 0 spiro atoms. The first kappa shape index (κ1) is 16.5. The van der Waals surface area contributed by atoms with Crippen molar-refractivity contribution in [3.05, 3.63) is 66.0 Å². The van der Waals surface area contributed by atoms with Crippen LogP contribution in [0.25, 0.3) is 0 Å². The first-order valence-electron chi connectivity index (χ1n) is 6.77. The van der Waals surface area contributed by atoms with E-state index in [1.54, 1.807) is 42.5 Å². The van der Waals surface area contributed by atoms with Crippen molar-refractivity contribution in [3.8, 4) is 0 Å². The van der Waals surface area contributed by atoms with E-state index < -0.39 is 10.0 Å². The largest absolute Gasteiger partial charge is 0.264 e. The molecule has 0 bridgehead atoms. The number of hydrogen-bond acceptors (Lipinski definition) is 3. The zero-order valence-electron chi connectivity index (χ0n) is 12.2. The van der Waals surface area contributed by atoms with Gasteiger partial charge in [0.15, 0.2) is 0 Å². The molecule has 116 valence electrons. The van der Waals surface area contributed by atoms with Gasteiger partial charge in [0.25, 0.3) is 10.0 Å². The SMILES string of the molecule is C=CCCN(c1ccc(Cl)nc1)S(=O)(=O)c1ccc(C)cc1. The fourth-order valence-electron chi connectivity index (χ4n) is 1.95. The van der Waals surface area contributed by atoms with Crippen LogP contribution >= 0.6 is 11.6 Å². The second-order valence-electron chi connectivity index (χ2n) is 4.81. The van der Waals surface area contributed by atoms with E-state index in [1.807, 2.05) is 6.92 Å². The van der Waals surface area contributed by atoms with Crippen LogP contribution in [0.5, 0.6) is 0 Å². The lowest BCUT2D eigenvalue weighted by atomic mass is 10.2. The summed E-state index contributed by atoms with van der Waals surface area (Å²) in [5.41, 5.74) is 1.48. The summed E-state index contributed by atoms with van der Waals surface area (Å²) in [7, 11) is -3.65. The van der Waals surface area contributed by atoms with Crippen molar-refractivity contribution < 1.29 is 8.42 Å². The molecule has 1 heterocycles. The van der Waals surface area contributed by atoms with Crippen molar-refractivity contribution in [2.75, 3.05) is 10.8 Å². The van der Waals surface area contributed by atoms with E-state index in [1.165, 1.54) is 10.5 Å². The summed E-state index contributed by atoms with van der Waals surface area (Å²) in [4.78, 5) is 4.21. The van der Waals surface area contributed by atoms with Gasteiger partial charge in [0, 0.05) is 6.54 Å². The smallest absolute Gasteiger partial charge is 0.264 e. The Morgan fingerprint density at radius 3 is 2.45 bits per heavy atom. The summed E-state index contributed by atoms with van der Waals surface area (Å²) in [6.07, 6.45) is 3.67. The van der Waals surface area contributed by atoms with Gasteiger partial charge in [0.2, 0.25) is 0 Å². The lowest BCUT2D eigenvalue weighted by Crippen LogP contribution is -2.32. The van der Waals surface area contributed by atoms with Gasteiger partial charge in [-0.1, -0.05) is 35.4 Å². The summed E-state index contributed by atoms with van der Waals surface area (Å²) in [5.74, 6) is 0. The lowest BCUT2D eigenvalue weighted by molar-refractivity contribution is 0.591. The average Bonchev–Trinajstić information content (AvgIpc) is 2.49. The Morgan fingerprint density at radius 1 is 1.23 bits per heavy atom. The van der Waals surface area contributed by atoms with Gasteiger partial charge in [-0.15, -0.1) is 6.58 Å². The molecule has 22 heavy (non-hydrogen) atoms. The van der Waals surface area contributed by atoms with Gasteiger partial charge in [0.05, 0.1) is 16.8 Å².